The Kier molecular flexibility index (Phi) is 5.56. The summed E-state index contributed by atoms with van der Waals surface area (Å²) in [5.74, 6) is 0.524. The summed E-state index contributed by atoms with van der Waals surface area (Å²) >= 11 is 0. The first-order valence-electron chi connectivity index (χ1n) is 7.32. The molecule has 1 N–H and O–H groups in total. The van der Waals surface area contributed by atoms with Gasteiger partial charge in [0, 0.05) is 26.7 Å². The number of fused-ring (bicyclic) bond motifs is 1. The molecule has 5 heteroatoms. The summed E-state index contributed by atoms with van der Waals surface area (Å²) in [4.78, 5) is 12.0. The molecule has 1 atom stereocenters. The van der Waals surface area contributed by atoms with Gasteiger partial charge in [-0.25, -0.2) is 0 Å². The van der Waals surface area contributed by atoms with Crippen molar-refractivity contribution in [3.8, 4) is 11.8 Å². The van der Waals surface area contributed by atoms with Crippen LogP contribution in [-0.2, 0) is 16.0 Å². The molecule has 1 heterocycles. The number of nitrogens with one attached hydrogen (secondary N) is 1. The minimum Gasteiger partial charge on any atom is -0.490 e. The van der Waals surface area contributed by atoms with E-state index >= 15 is 0 Å². The Balaban J connectivity index is 2.04. The third-order valence-corrected chi connectivity index (χ3v) is 3.41. The monoisotopic (exact) mass is 300 g/mol. The molecule has 1 aliphatic heterocycles. The summed E-state index contributed by atoms with van der Waals surface area (Å²) in [7, 11) is 1.61. The van der Waals surface area contributed by atoms with Crippen LogP contribution in [0.15, 0.2) is 23.8 Å². The number of methoxy groups -OCH3 is 1. The average Bonchev–Trinajstić information content (AvgIpc) is 2.88. The number of carbonyl (C=O) groups excluding carboxylic acids is 1. The number of rotatable bonds is 6. The molecule has 0 bridgehead atoms. The van der Waals surface area contributed by atoms with Gasteiger partial charge in [-0.3, -0.25) is 4.79 Å². The number of benzene rings is 1. The fraction of sp³-hybridized carbons (Fsp3) is 0.412. The Labute approximate surface area is 130 Å². The number of amides is 1. The highest BCUT2D eigenvalue weighted by atomic mass is 16.5. The molecule has 0 radical (unpaired) electrons. The molecule has 1 aliphatic rings. The molecule has 1 aromatic carbocycles. The molecule has 0 spiro atoms. The first-order valence-corrected chi connectivity index (χ1v) is 7.32. The van der Waals surface area contributed by atoms with Crippen LogP contribution in [0.4, 0.5) is 0 Å². The first-order chi connectivity index (χ1) is 10.6. The van der Waals surface area contributed by atoms with Crippen molar-refractivity contribution in [2.75, 3.05) is 20.3 Å². The minimum absolute atomic E-state index is 0.101. The van der Waals surface area contributed by atoms with Crippen LogP contribution in [0, 0.1) is 11.3 Å². The zero-order valence-corrected chi connectivity index (χ0v) is 12.9. The lowest BCUT2D eigenvalue weighted by molar-refractivity contribution is -0.117. The molecule has 1 aromatic rings. The van der Waals surface area contributed by atoms with Gasteiger partial charge in [-0.05, 0) is 42.7 Å². The van der Waals surface area contributed by atoms with Gasteiger partial charge in [0.1, 0.15) is 23.5 Å². The van der Waals surface area contributed by atoms with E-state index in [0.717, 1.165) is 29.7 Å². The van der Waals surface area contributed by atoms with E-state index in [2.05, 4.69) is 5.32 Å². The van der Waals surface area contributed by atoms with Crippen LogP contribution in [-0.4, -0.2) is 32.3 Å². The van der Waals surface area contributed by atoms with Crippen molar-refractivity contribution in [3.63, 3.8) is 0 Å². The second-order valence-electron chi connectivity index (χ2n) is 5.27. The molecule has 0 saturated heterocycles. The van der Waals surface area contributed by atoms with Crippen LogP contribution < -0.4 is 10.1 Å². The van der Waals surface area contributed by atoms with Gasteiger partial charge in [0.25, 0.3) is 5.91 Å². The third-order valence-electron chi connectivity index (χ3n) is 3.41. The van der Waals surface area contributed by atoms with Crippen molar-refractivity contribution in [1.82, 2.24) is 5.32 Å². The maximum absolute atomic E-state index is 12.0. The van der Waals surface area contributed by atoms with Crippen LogP contribution in [0.5, 0.6) is 5.75 Å². The van der Waals surface area contributed by atoms with Gasteiger partial charge in [0.15, 0.2) is 0 Å². The lowest BCUT2D eigenvalue weighted by atomic mass is 10.0. The van der Waals surface area contributed by atoms with Crippen molar-refractivity contribution in [3.05, 3.63) is 34.9 Å². The highest BCUT2D eigenvalue weighted by Gasteiger charge is 2.18. The maximum atomic E-state index is 12.0. The molecule has 0 aromatic heterocycles. The number of nitrogens with zero attached hydrogens (tertiary/aromatic N) is 1. The van der Waals surface area contributed by atoms with Gasteiger partial charge in [0.05, 0.1) is 0 Å². The Morgan fingerprint density at radius 2 is 2.41 bits per heavy atom. The Morgan fingerprint density at radius 3 is 3.14 bits per heavy atom. The van der Waals surface area contributed by atoms with E-state index in [4.69, 9.17) is 14.7 Å². The quantitative estimate of drug-likeness (QED) is 0.496. The number of carbonyl (C=O) groups is 1. The van der Waals surface area contributed by atoms with Crippen LogP contribution >= 0.6 is 0 Å². The Morgan fingerprint density at radius 1 is 1.59 bits per heavy atom. The van der Waals surface area contributed by atoms with Crippen molar-refractivity contribution in [2.24, 2.45) is 0 Å². The van der Waals surface area contributed by atoms with Crippen LogP contribution in [0.1, 0.15) is 24.5 Å². The summed E-state index contributed by atoms with van der Waals surface area (Å²) in [6, 6.07) is 7.66. The highest BCUT2D eigenvalue weighted by Crippen LogP contribution is 2.29. The smallest absolute Gasteiger partial charge is 0.261 e. The average molecular weight is 300 g/mol. The van der Waals surface area contributed by atoms with Crippen LogP contribution in [0.3, 0.4) is 0 Å². The molecule has 1 amide bonds. The maximum Gasteiger partial charge on any atom is 0.261 e. The van der Waals surface area contributed by atoms with Gasteiger partial charge >= 0.3 is 0 Å². The van der Waals surface area contributed by atoms with Gasteiger partial charge in [0.2, 0.25) is 0 Å². The van der Waals surface area contributed by atoms with Gasteiger partial charge in [-0.15, -0.1) is 0 Å². The summed E-state index contributed by atoms with van der Waals surface area (Å²) in [6.07, 6.45) is 3.35. The lowest BCUT2D eigenvalue weighted by Crippen LogP contribution is -2.26. The fourth-order valence-corrected chi connectivity index (χ4v) is 2.36. The topological polar surface area (TPSA) is 71.3 Å². The van der Waals surface area contributed by atoms with E-state index in [0.29, 0.717) is 13.2 Å². The Bertz CT molecular complexity index is 617. The SMILES string of the molecule is COCCCNC(=O)/C(C#N)=C/c1ccc2c(c1)CC(C)O2. The summed E-state index contributed by atoms with van der Waals surface area (Å²) < 4.78 is 10.6. The third kappa shape index (κ3) is 4.09. The molecule has 0 saturated carbocycles. The van der Waals surface area contributed by atoms with Crippen LogP contribution in [0.25, 0.3) is 6.08 Å². The molecule has 0 fully saturated rings. The molecule has 5 nitrogen and oxygen atoms in total. The molecule has 2 rings (SSSR count). The number of hydrogen-bond acceptors (Lipinski definition) is 4. The van der Waals surface area contributed by atoms with Gasteiger partial charge in [-0.2, -0.15) is 5.26 Å². The highest BCUT2D eigenvalue weighted by molar-refractivity contribution is 6.01. The zero-order valence-electron chi connectivity index (χ0n) is 12.9. The normalized spacial score (nSPS) is 16.6. The fourth-order valence-electron chi connectivity index (χ4n) is 2.36. The van der Waals surface area contributed by atoms with Gasteiger partial charge in [-0.1, -0.05) is 6.07 Å². The van der Waals surface area contributed by atoms with Gasteiger partial charge < -0.3 is 14.8 Å². The molecular formula is C17H20N2O3. The number of nitriles is 1. The van der Waals surface area contributed by atoms with Crippen molar-refractivity contribution in [2.45, 2.75) is 25.9 Å². The number of ether oxygens (including phenoxy) is 2. The Hall–Kier alpha value is -2.32. The molecule has 116 valence electrons. The van der Waals surface area contributed by atoms with E-state index in [1.807, 2.05) is 31.2 Å². The van der Waals surface area contributed by atoms with Crippen molar-refractivity contribution < 1.29 is 14.3 Å². The van der Waals surface area contributed by atoms with Crippen molar-refractivity contribution >= 4 is 12.0 Å². The summed E-state index contributed by atoms with van der Waals surface area (Å²) in [5.41, 5.74) is 2.04. The predicted molar refractivity (Wildman–Crippen MR) is 83.3 cm³/mol. The predicted octanol–water partition coefficient (Wildman–Crippen LogP) is 2.07. The zero-order chi connectivity index (χ0) is 15.9. The lowest BCUT2D eigenvalue weighted by Gasteiger charge is -2.04. The van der Waals surface area contributed by atoms with E-state index in [1.165, 1.54) is 0 Å². The molecular weight excluding hydrogens is 280 g/mol. The molecule has 1 unspecified atom stereocenters. The summed E-state index contributed by atoms with van der Waals surface area (Å²) in [6.45, 7) is 3.08. The van der Waals surface area contributed by atoms with E-state index in [1.54, 1.807) is 13.2 Å². The first kappa shape index (κ1) is 16.1. The van der Waals surface area contributed by atoms with Crippen LogP contribution in [0.2, 0.25) is 0 Å². The van der Waals surface area contributed by atoms with E-state index in [9.17, 15) is 4.79 Å². The minimum atomic E-state index is -0.358. The van der Waals surface area contributed by atoms with Crippen molar-refractivity contribution in [1.29, 1.82) is 5.26 Å². The number of hydrogen-bond donors (Lipinski definition) is 1. The second-order valence-corrected chi connectivity index (χ2v) is 5.27. The van der Waals surface area contributed by atoms with E-state index < -0.39 is 0 Å². The summed E-state index contributed by atoms with van der Waals surface area (Å²) in [5, 5.41) is 11.9. The molecule has 22 heavy (non-hydrogen) atoms. The molecule has 0 aliphatic carbocycles. The standard InChI is InChI=1S/C17H20N2O3/c1-12-8-14-9-13(4-5-16(14)22-12)10-15(11-18)17(20)19-6-3-7-21-2/h4-5,9-10,12H,3,6-8H2,1-2H3,(H,19,20)/b15-10+. The second kappa shape index (κ2) is 7.62. The largest absolute Gasteiger partial charge is 0.490 e. The van der Waals surface area contributed by atoms with E-state index in [-0.39, 0.29) is 17.6 Å².